The fourth-order valence-electron chi connectivity index (χ4n) is 1.77. The normalized spacial score (nSPS) is 10.9. The van der Waals surface area contributed by atoms with Gasteiger partial charge in [0.25, 0.3) is 0 Å². The van der Waals surface area contributed by atoms with Crippen LogP contribution in [0, 0.1) is 0 Å². The molecule has 1 aromatic carbocycles. The minimum atomic E-state index is 0.856. The number of nitrogens with zero attached hydrogens (tertiary/aromatic N) is 1. The van der Waals surface area contributed by atoms with E-state index in [4.69, 9.17) is 11.6 Å². The first-order chi connectivity index (χ1) is 9.15. The molecule has 0 aliphatic rings. The van der Waals surface area contributed by atoms with E-state index in [0.717, 1.165) is 34.1 Å². The Bertz CT molecular complexity index is 530. The molecule has 0 fully saturated rings. The van der Waals surface area contributed by atoms with Crippen LogP contribution in [0.4, 0.5) is 5.69 Å². The minimum absolute atomic E-state index is 0.856. The van der Waals surface area contributed by atoms with Gasteiger partial charge in [-0.25, -0.2) is 0 Å². The van der Waals surface area contributed by atoms with Crippen LogP contribution in [0.1, 0.15) is 4.88 Å². The molecule has 0 saturated heterocycles. The summed E-state index contributed by atoms with van der Waals surface area (Å²) in [6.45, 7) is 2.84. The molecule has 1 N–H and O–H groups in total. The lowest BCUT2D eigenvalue weighted by atomic mass is 10.3. The molecule has 0 unspecified atom stereocenters. The molecule has 2 nitrogen and oxygen atoms in total. The molecule has 2 aromatic rings. The van der Waals surface area contributed by atoms with Crippen molar-refractivity contribution in [3.05, 3.63) is 50.1 Å². The molecular formula is C14H16BrClN2S. The number of thiophene rings is 1. The van der Waals surface area contributed by atoms with Crippen molar-refractivity contribution in [2.24, 2.45) is 0 Å². The number of hydrogen-bond acceptors (Lipinski definition) is 3. The molecule has 102 valence electrons. The van der Waals surface area contributed by atoms with E-state index in [2.05, 4.69) is 45.3 Å². The quantitative estimate of drug-likeness (QED) is 0.803. The zero-order valence-electron chi connectivity index (χ0n) is 10.7. The van der Waals surface area contributed by atoms with Crippen molar-refractivity contribution >= 4 is 44.6 Å². The number of nitrogens with one attached hydrogen (secondary N) is 1. The van der Waals surface area contributed by atoms with Gasteiger partial charge < -0.3 is 5.32 Å². The van der Waals surface area contributed by atoms with Gasteiger partial charge in [0, 0.05) is 34.7 Å². The second kappa shape index (κ2) is 7.29. The van der Waals surface area contributed by atoms with E-state index in [-0.39, 0.29) is 0 Å². The standard InChI is InChI=1S/C14H16BrClN2S/c1-18(10-11-6-7-14(16)19-11)9-8-17-13-5-3-2-4-12(13)15/h2-7,17H,8-10H2,1H3. The highest BCUT2D eigenvalue weighted by molar-refractivity contribution is 9.10. The third-order valence-corrected chi connectivity index (χ3v) is 4.64. The van der Waals surface area contributed by atoms with E-state index in [1.165, 1.54) is 4.88 Å². The van der Waals surface area contributed by atoms with Crippen LogP contribution >= 0.6 is 38.9 Å². The molecule has 1 heterocycles. The number of rotatable bonds is 6. The maximum atomic E-state index is 5.93. The predicted molar refractivity (Wildman–Crippen MR) is 88.3 cm³/mol. The van der Waals surface area contributed by atoms with Gasteiger partial charge in [0.15, 0.2) is 0 Å². The highest BCUT2D eigenvalue weighted by Gasteiger charge is 2.03. The fraction of sp³-hybridized carbons (Fsp3) is 0.286. The Balaban J connectivity index is 1.75. The van der Waals surface area contributed by atoms with Crippen molar-refractivity contribution in [3.63, 3.8) is 0 Å². The number of anilines is 1. The molecule has 0 bridgehead atoms. The average Bonchev–Trinajstić information content (AvgIpc) is 2.77. The molecular weight excluding hydrogens is 344 g/mol. The first-order valence-corrected chi connectivity index (χ1v) is 8.05. The van der Waals surface area contributed by atoms with Gasteiger partial charge in [-0.3, -0.25) is 4.90 Å². The summed E-state index contributed by atoms with van der Waals surface area (Å²) in [6, 6.07) is 12.2. The van der Waals surface area contributed by atoms with Crippen LogP contribution in [0.15, 0.2) is 40.9 Å². The highest BCUT2D eigenvalue weighted by Crippen LogP contribution is 2.23. The largest absolute Gasteiger partial charge is 0.383 e. The van der Waals surface area contributed by atoms with Crippen molar-refractivity contribution in [1.29, 1.82) is 0 Å². The Morgan fingerprint density at radius 3 is 2.74 bits per heavy atom. The lowest BCUT2D eigenvalue weighted by molar-refractivity contribution is 0.343. The molecule has 1 aromatic heterocycles. The van der Waals surface area contributed by atoms with Crippen LogP contribution in [0.2, 0.25) is 4.34 Å². The monoisotopic (exact) mass is 358 g/mol. The zero-order chi connectivity index (χ0) is 13.7. The topological polar surface area (TPSA) is 15.3 Å². The Labute approximate surface area is 131 Å². The van der Waals surface area contributed by atoms with E-state index in [0.29, 0.717) is 0 Å². The maximum absolute atomic E-state index is 5.93. The van der Waals surface area contributed by atoms with E-state index < -0.39 is 0 Å². The number of likely N-dealkylation sites (N-methyl/N-ethyl adjacent to an activating group) is 1. The number of halogens is 2. The van der Waals surface area contributed by atoms with Crippen molar-refractivity contribution in [1.82, 2.24) is 4.90 Å². The molecule has 0 amide bonds. The molecule has 0 aliphatic heterocycles. The van der Waals surface area contributed by atoms with Gasteiger partial charge in [0.1, 0.15) is 0 Å². The molecule has 0 atom stereocenters. The van der Waals surface area contributed by atoms with Gasteiger partial charge in [-0.05, 0) is 47.2 Å². The lowest BCUT2D eigenvalue weighted by Gasteiger charge is -2.16. The first kappa shape index (κ1) is 14.9. The average molecular weight is 360 g/mol. The Kier molecular flexibility index (Phi) is 5.70. The van der Waals surface area contributed by atoms with Crippen molar-refractivity contribution in [2.45, 2.75) is 6.54 Å². The minimum Gasteiger partial charge on any atom is -0.383 e. The summed E-state index contributed by atoms with van der Waals surface area (Å²) in [5, 5.41) is 3.42. The van der Waals surface area contributed by atoms with Crippen LogP contribution in [0.3, 0.4) is 0 Å². The fourth-order valence-corrected chi connectivity index (χ4v) is 3.36. The van der Waals surface area contributed by atoms with Gasteiger partial charge in [0.2, 0.25) is 0 Å². The Morgan fingerprint density at radius 1 is 1.26 bits per heavy atom. The van der Waals surface area contributed by atoms with Gasteiger partial charge in [-0.1, -0.05) is 23.7 Å². The molecule has 0 spiro atoms. The third kappa shape index (κ3) is 4.80. The molecule has 0 saturated carbocycles. The van der Waals surface area contributed by atoms with Crippen LogP contribution < -0.4 is 5.32 Å². The van der Waals surface area contributed by atoms with Gasteiger partial charge in [0.05, 0.1) is 4.34 Å². The summed E-state index contributed by atoms with van der Waals surface area (Å²) < 4.78 is 1.96. The second-order valence-electron chi connectivity index (χ2n) is 4.35. The summed E-state index contributed by atoms with van der Waals surface area (Å²) >= 11 is 11.1. The first-order valence-electron chi connectivity index (χ1n) is 6.06. The van der Waals surface area contributed by atoms with Crippen molar-refractivity contribution < 1.29 is 0 Å². The lowest BCUT2D eigenvalue weighted by Crippen LogP contribution is -2.24. The molecule has 19 heavy (non-hydrogen) atoms. The summed E-state index contributed by atoms with van der Waals surface area (Å²) in [5.74, 6) is 0. The van der Waals surface area contributed by atoms with Crippen LogP contribution in [0.5, 0.6) is 0 Å². The van der Waals surface area contributed by atoms with Crippen LogP contribution in [-0.2, 0) is 6.54 Å². The third-order valence-electron chi connectivity index (χ3n) is 2.74. The zero-order valence-corrected chi connectivity index (χ0v) is 13.9. The molecule has 5 heteroatoms. The Hall–Kier alpha value is -0.550. The predicted octanol–water partition coefficient (Wildman–Crippen LogP) is 4.71. The number of para-hydroxylation sites is 1. The van der Waals surface area contributed by atoms with Crippen LogP contribution in [0.25, 0.3) is 0 Å². The number of benzene rings is 1. The smallest absolute Gasteiger partial charge is 0.0931 e. The Morgan fingerprint density at radius 2 is 2.05 bits per heavy atom. The van der Waals surface area contributed by atoms with Crippen LogP contribution in [-0.4, -0.2) is 25.0 Å². The summed E-state index contributed by atoms with van der Waals surface area (Å²) in [7, 11) is 2.12. The van der Waals surface area contributed by atoms with Crippen molar-refractivity contribution in [3.8, 4) is 0 Å². The van der Waals surface area contributed by atoms with E-state index >= 15 is 0 Å². The molecule has 0 aliphatic carbocycles. The molecule has 2 rings (SSSR count). The van der Waals surface area contributed by atoms with Crippen molar-refractivity contribution in [2.75, 3.05) is 25.5 Å². The SMILES string of the molecule is CN(CCNc1ccccc1Br)Cc1ccc(Cl)s1. The van der Waals surface area contributed by atoms with E-state index in [1.54, 1.807) is 11.3 Å². The van der Waals surface area contributed by atoms with Gasteiger partial charge in [-0.2, -0.15) is 0 Å². The highest BCUT2D eigenvalue weighted by atomic mass is 79.9. The second-order valence-corrected chi connectivity index (χ2v) is 7.00. The summed E-state index contributed by atoms with van der Waals surface area (Å²) in [5.41, 5.74) is 1.13. The molecule has 0 radical (unpaired) electrons. The summed E-state index contributed by atoms with van der Waals surface area (Å²) in [6.07, 6.45) is 0. The van der Waals surface area contributed by atoms with E-state index in [9.17, 15) is 0 Å². The maximum Gasteiger partial charge on any atom is 0.0931 e. The van der Waals surface area contributed by atoms with Gasteiger partial charge >= 0.3 is 0 Å². The van der Waals surface area contributed by atoms with Gasteiger partial charge in [-0.15, -0.1) is 11.3 Å². The number of hydrogen-bond donors (Lipinski definition) is 1. The van der Waals surface area contributed by atoms with E-state index in [1.807, 2.05) is 24.3 Å². The summed E-state index contributed by atoms with van der Waals surface area (Å²) in [4.78, 5) is 3.58.